The summed E-state index contributed by atoms with van der Waals surface area (Å²) in [4.78, 5) is 20.0. The topological polar surface area (TPSA) is 82.4 Å². The van der Waals surface area contributed by atoms with E-state index in [-0.39, 0.29) is 30.2 Å². The molecule has 1 aliphatic heterocycles. The van der Waals surface area contributed by atoms with Gasteiger partial charge in [-0.3, -0.25) is 9.78 Å². The molecule has 206 valence electrons. The van der Waals surface area contributed by atoms with Gasteiger partial charge in [0.25, 0.3) is 0 Å². The number of anilines is 1. The molecule has 1 amide bonds. The number of amides is 1. The summed E-state index contributed by atoms with van der Waals surface area (Å²) in [6.45, 7) is 4.61. The Bertz CT molecular complexity index is 1730. The van der Waals surface area contributed by atoms with Crippen LogP contribution < -0.4 is 10.6 Å². The highest BCUT2D eigenvalue weighted by Crippen LogP contribution is 2.41. The Kier molecular flexibility index (Phi) is 7.15. The second kappa shape index (κ2) is 11.1. The molecule has 3 N–H and O–H groups in total. The molecule has 0 spiro atoms. The van der Waals surface area contributed by atoms with Crippen LogP contribution in [0.3, 0.4) is 0 Å². The molecule has 1 fully saturated rings. The number of thiocarbonyl (C=S) groups is 1. The maximum atomic E-state index is 13.2. The number of carbonyl (C=O) groups excluding carboxylic acids is 1. The minimum absolute atomic E-state index is 0.0706. The van der Waals surface area contributed by atoms with Crippen LogP contribution in [0.15, 0.2) is 97.2 Å². The van der Waals surface area contributed by atoms with Gasteiger partial charge in [-0.15, -0.1) is 0 Å². The number of phenols is 1. The first kappa shape index (κ1) is 26.5. The van der Waals surface area contributed by atoms with Gasteiger partial charge in [0.2, 0.25) is 5.91 Å². The Morgan fingerprint density at radius 2 is 1.76 bits per heavy atom. The fraction of sp³-hybridized carbons (Fsp3) is 0.182. The number of pyridine rings is 1. The van der Waals surface area contributed by atoms with Gasteiger partial charge in [-0.25, -0.2) is 0 Å². The number of hydrogen-bond donors (Lipinski definition) is 3. The summed E-state index contributed by atoms with van der Waals surface area (Å²) in [5, 5.41) is 19.1. The first-order valence-corrected chi connectivity index (χ1v) is 14.1. The normalized spacial score (nSPS) is 16.6. The van der Waals surface area contributed by atoms with Crippen LogP contribution in [0.1, 0.15) is 41.1 Å². The van der Waals surface area contributed by atoms with Gasteiger partial charge in [0.15, 0.2) is 5.11 Å². The van der Waals surface area contributed by atoms with Crippen molar-refractivity contribution in [3.8, 4) is 11.4 Å². The van der Waals surface area contributed by atoms with E-state index in [9.17, 15) is 9.90 Å². The summed E-state index contributed by atoms with van der Waals surface area (Å²) in [6.07, 6.45) is 2.06. The highest BCUT2D eigenvalue weighted by Gasteiger charge is 2.41. The summed E-state index contributed by atoms with van der Waals surface area (Å²) in [5.74, 6) is 0.156. The molecule has 6 rings (SSSR count). The lowest BCUT2D eigenvalue weighted by molar-refractivity contribution is -0.116. The molecule has 0 aliphatic carbocycles. The molecule has 1 saturated heterocycles. The standard InChI is InChI=1S/C33H31N5O2S/c1-21-20-27(22(2)38(21)24-13-15-25(39)16-14-24)32-31(29-11-5-6-18-34-29)36-33(41)37(32)19-17-30(40)35-28-12-7-9-23-8-3-4-10-26(23)28/h3-16,18,20,31-32,39H,17,19H2,1-2H3,(H,35,40)(H,36,41). The number of carbonyl (C=O) groups is 1. The molecular weight excluding hydrogens is 530 g/mol. The van der Waals surface area contributed by atoms with Gasteiger partial charge in [-0.1, -0.05) is 42.5 Å². The quantitative estimate of drug-likeness (QED) is 0.201. The molecule has 2 atom stereocenters. The van der Waals surface area contributed by atoms with E-state index in [0.717, 1.165) is 44.8 Å². The van der Waals surface area contributed by atoms with Crippen LogP contribution in [0.4, 0.5) is 5.69 Å². The molecule has 41 heavy (non-hydrogen) atoms. The average molecular weight is 562 g/mol. The summed E-state index contributed by atoms with van der Waals surface area (Å²) >= 11 is 5.85. The van der Waals surface area contributed by atoms with Crippen molar-refractivity contribution < 1.29 is 9.90 Å². The number of aryl methyl sites for hydroxylation is 1. The predicted molar refractivity (Wildman–Crippen MR) is 166 cm³/mol. The second-order valence-corrected chi connectivity index (χ2v) is 10.7. The van der Waals surface area contributed by atoms with Gasteiger partial charge in [0, 0.05) is 47.3 Å². The lowest BCUT2D eigenvalue weighted by Crippen LogP contribution is -2.33. The fourth-order valence-electron chi connectivity index (χ4n) is 5.84. The molecule has 0 radical (unpaired) electrons. The third kappa shape index (κ3) is 5.14. The zero-order chi connectivity index (χ0) is 28.5. The molecule has 2 aromatic heterocycles. The number of phenolic OH excluding ortho intramolecular Hbond substituents is 1. The van der Waals surface area contributed by atoms with Gasteiger partial charge < -0.3 is 25.2 Å². The summed E-state index contributed by atoms with van der Waals surface area (Å²) in [7, 11) is 0. The van der Waals surface area contributed by atoms with Crippen LogP contribution in [-0.2, 0) is 4.79 Å². The Morgan fingerprint density at radius 3 is 2.54 bits per heavy atom. The number of hydrogen-bond acceptors (Lipinski definition) is 4. The van der Waals surface area contributed by atoms with E-state index in [1.54, 1.807) is 18.3 Å². The van der Waals surface area contributed by atoms with E-state index >= 15 is 0 Å². The molecule has 3 aromatic carbocycles. The van der Waals surface area contributed by atoms with Crippen molar-refractivity contribution in [3.63, 3.8) is 0 Å². The first-order chi connectivity index (χ1) is 19.9. The van der Waals surface area contributed by atoms with Crippen LogP contribution in [0.25, 0.3) is 16.5 Å². The Labute approximate surface area is 244 Å². The molecule has 1 aliphatic rings. The zero-order valence-corrected chi connectivity index (χ0v) is 23.7. The lowest BCUT2D eigenvalue weighted by Gasteiger charge is -2.28. The van der Waals surface area contributed by atoms with E-state index in [1.807, 2.05) is 72.8 Å². The Morgan fingerprint density at radius 1 is 1.00 bits per heavy atom. The maximum absolute atomic E-state index is 13.2. The van der Waals surface area contributed by atoms with Crippen LogP contribution in [0, 0.1) is 13.8 Å². The number of nitrogens with one attached hydrogen (secondary N) is 2. The van der Waals surface area contributed by atoms with Gasteiger partial charge in [-0.2, -0.15) is 0 Å². The van der Waals surface area contributed by atoms with Crippen molar-refractivity contribution in [2.75, 3.05) is 11.9 Å². The largest absolute Gasteiger partial charge is 0.508 e. The molecule has 8 heteroatoms. The highest BCUT2D eigenvalue weighted by atomic mass is 32.1. The van der Waals surface area contributed by atoms with Crippen molar-refractivity contribution in [2.24, 2.45) is 0 Å². The smallest absolute Gasteiger partial charge is 0.226 e. The van der Waals surface area contributed by atoms with Crippen molar-refractivity contribution >= 4 is 39.7 Å². The van der Waals surface area contributed by atoms with Crippen LogP contribution in [-0.4, -0.2) is 37.1 Å². The van der Waals surface area contributed by atoms with Crippen molar-refractivity contribution in [1.29, 1.82) is 0 Å². The fourth-order valence-corrected chi connectivity index (χ4v) is 6.17. The summed E-state index contributed by atoms with van der Waals surface area (Å²) < 4.78 is 2.18. The predicted octanol–water partition coefficient (Wildman–Crippen LogP) is 6.35. The van der Waals surface area contributed by atoms with E-state index in [2.05, 4.69) is 45.0 Å². The molecule has 2 unspecified atom stereocenters. The third-order valence-corrected chi connectivity index (χ3v) is 8.09. The highest BCUT2D eigenvalue weighted by molar-refractivity contribution is 7.80. The Hall–Kier alpha value is -4.69. The van der Waals surface area contributed by atoms with Gasteiger partial charge in [-0.05, 0) is 85.5 Å². The molecule has 0 saturated carbocycles. The van der Waals surface area contributed by atoms with Crippen LogP contribution in [0.2, 0.25) is 0 Å². The third-order valence-electron chi connectivity index (χ3n) is 7.74. The minimum atomic E-state index is -0.182. The number of fused-ring (bicyclic) bond motifs is 1. The molecule has 0 bridgehead atoms. The minimum Gasteiger partial charge on any atom is -0.508 e. The molecule has 3 heterocycles. The number of benzene rings is 3. The number of rotatable bonds is 7. The van der Waals surface area contributed by atoms with E-state index in [4.69, 9.17) is 12.2 Å². The number of aromatic hydroxyl groups is 1. The molecular formula is C33H31N5O2S. The van der Waals surface area contributed by atoms with Gasteiger partial charge in [0.05, 0.1) is 17.8 Å². The zero-order valence-electron chi connectivity index (χ0n) is 22.9. The lowest BCUT2D eigenvalue weighted by atomic mass is 9.96. The SMILES string of the molecule is Cc1cc(C2C(c3ccccn3)NC(=S)N2CCC(=O)Nc2cccc3ccccc23)c(C)n1-c1ccc(O)cc1. The van der Waals surface area contributed by atoms with Crippen molar-refractivity contribution in [1.82, 2.24) is 19.8 Å². The van der Waals surface area contributed by atoms with E-state index in [1.165, 1.54) is 0 Å². The summed E-state index contributed by atoms with van der Waals surface area (Å²) in [5.41, 5.74) is 5.89. The van der Waals surface area contributed by atoms with Crippen LogP contribution >= 0.6 is 12.2 Å². The van der Waals surface area contributed by atoms with Crippen LogP contribution in [0.5, 0.6) is 5.75 Å². The summed E-state index contributed by atoms with van der Waals surface area (Å²) in [6, 6.07) is 28.9. The molecule has 5 aromatic rings. The maximum Gasteiger partial charge on any atom is 0.226 e. The molecule has 7 nitrogen and oxygen atoms in total. The average Bonchev–Trinajstić information content (AvgIpc) is 3.47. The van der Waals surface area contributed by atoms with Gasteiger partial charge in [0.1, 0.15) is 5.75 Å². The monoisotopic (exact) mass is 561 g/mol. The van der Waals surface area contributed by atoms with Crippen molar-refractivity contribution in [3.05, 3.63) is 120 Å². The first-order valence-electron chi connectivity index (χ1n) is 13.6. The Balaban J connectivity index is 1.31. The van der Waals surface area contributed by atoms with E-state index < -0.39 is 0 Å². The van der Waals surface area contributed by atoms with Crippen molar-refractivity contribution in [2.45, 2.75) is 32.4 Å². The van der Waals surface area contributed by atoms with E-state index in [0.29, 0.717) is 11.7 Å². The second-order valence-electron chi connectivity index (χ2n) is 10.3. The number of nitrogens with zero attached hydrogens (tertiary/aromatic N) is 3. The number of aromatic nitrogens is 2. The van der Waals surface area contributed by atoms with Gasteiger partial charge >= 0.3 is 0 Å².